The molecular weight excluding hydrogens is 220 g/mol. The third kappa shape index (κ3) is 3.90. The monoisotopic (exact) mass is 236 g/mol. The zero-order valence-corrected chi connectivity index (χ0v) is 10.0. The van der Waals surface area contributed by atoms with E-state index in [2.05, 4.69) is 0 Å². The number of carboxylic acids is 1. The summed E-state index contributed by atoms with van der Waals surface area (Å²) in [4.78, 5) is 22.0. The fraction of sp³-hybridized carbons (Fsp3) is 0.385. The van der Waals surface area contributed by atoms with Crippen LogP contribution in [0.25, 0.3) is 0 Å². The molecule has 92 valence electrons. The summed E-state index contributed by atoms with van der Waals surface area (Å²) in [5.74, 6) is -1.26. The predicted octanol–water partition coefficient (Wildman–Crippen LogP) is 2.33. The lowest BCUT2D eigenvalue weighted by Crippen LogP contribution is -2.10. The fourth-order valence-electron chi connectivity index (χ4n) is 1.60. The Labute approximate surface area is 100 Å². The van der Waals surface area contributed by atoms with Crippen molar-refractivity contribution in [2.45, 2.75) is 26.7 Å². The number of benzene rings is 1. The highest BCUT2D eigenvalue weighted by molar-refractivity contribution is 5.92. The van der Waals surface area contributed by atoms with Gasteiger partial charge in [-0.05, 0) is 31.4 Å². The molecule has 0 saturated carbocycles. The molecule has 0 heterocycles. The van der Waals surface area contributed by atoms with Gasteiger partial charge in [0.1, 0.15) is 0 Å². The first kappa shape index (κ1) is 13.2. The van der Waals surface area contributed by atoms with E-state index in [9.17, 15) is 9.59 Å². The van der Waals surface area contributed by atoms with E-state index >= 15 is 0 Å². The summed E-state index contributed by atoms with van der Waals surface area (Å²) >= 11 is 0. The lowest BCUT2D eigenvalue weighted by Gasteiger charge is -2.09. The molecule has 0 unspecified atom stereocenters. The van der Waals surface area contributed by atoms with E-state index in [4.69, 9.17) is 9.84 Å². The molecule has 1 aromatic rings. The second-order valence-corrected chi connectivity index (χ2v) is 3.90. The van der Waals surface area contributed by atoms with Gasteiger partial charge in [0.2, 0.25) is 0 Å². The van der Waals surface area contributed by atoms with Crippen LogP contribution in [-0.4, -0.2) is 23.7 Å². The molecule has 1 N–H and O–H groups in total. The second-order valence-electron chi connectivity index (χ2n) is 3.90. The summed E-state index contributed by atoms with van der Waals surface area (Å²) in [7, 11) is 0. The Morgan fingerprint density at radius 2 is 1.82 bits per heavy atom. The number of carbonyl (C=O) groups is 2. The van der Waals surface area contributed by atoms with Gasteiger partial charge in [-0.15, -0.1) is 0 Å². The summed E-state index contributed by atoms with van der Waals surface area (Å²) < 4.78 is 5.04. The van der Waals surface area contributed by atoms with E-state index in [1.165, 1.54) is 0 Å². The fourth-order valence-corrected chi connectivity index (χ4v) is 1.60. The quantitative estimate of drug-likeness (QED) is 0.629. The normalized spacial score (nSPS) is 10.0. The number of aliphatic carboxylic acids is 1. The third-order valence-electron chi connectivity index (χ3n) is 2.45. The molecule has 17 heavy (non-hydrogen) atoms. The maximum Gasteiger partial charge on any atom is 0.338 e. The van der Waals surface area contributed by atoms with Crippen LogP contribution in [0.4, 0.5) is 0 Å². The average molecular weight is 236 g/mol. The van der Waals surface area contributed by atoms with Crippen molar-refractivity contribution in [2.75, 3.05) is 6.61 Å². The summed E-state index contributed by atoms with van der Waals surface area (Å²) in [6.45, 7) is 3.83. The van der Waals surface area contributed by atoms with Crippen LogP contribution in [0, 0.1) is 13.8 Å². The number of hydrogen-bond acceptors (Lipinski definition) is 3. The molecule has 0 bridgehead atoms. The van der Waals surface area contributed by atoms with Crippen molar-refractivity contribution >= 4 is 11.9 Å². The van der Waals surface area contributed by atoms with Gasteiger partial charge in [-0.1, -0.05) is 18.2 Å². The Hall–Kier alpha value is -1.84. The Morgan fingerprint density at radius 3 is 2.35 bits per heavy atom. The number of aryl methyl sites for hydroxylation is 2. The molecule has 1 aromatic carbocycles. The van der Waals surface area contributed by atoms with E-state index in [0.717, 1.165) is 11.1 Å². The van der Waals surface area contributed by atoms with Crippen molar-refractivity contribution in [1.29, 1.82) is 0 Å². The molecule has 0 aromatic heterocycles. The Bertz CT molecular complexity index is 403. The lowest BCUT2D eigenvalue weighted by molar-refractivity contribution is -0.137. The van der Waals surface area contributed by atoms with Gasteiger partial charge in [0, 0.05) is 6.42 Å². The van der Waals surface area contributed by atoms with Gasteiger partial charge in [0.25, 0.3) is 0 Å². The minimum absolute atomic E-state index is 0.0139. The largest absolute Gasteiger partial charge is 0.481 e. The summed E-state index contributed by atoms with van der Waals surface area (Å²) in [6.07, 6.45) is 0.353. The number of carboxylic acid groups (broad SMARTS) is 1. The van der Waals surface area contributed by atoms with Crippen LogP contribution < -0.4 is 0 Å². The van der Waals surface area contributed by atoms with Crippen molar-refractivity contribution in [2.24, 2.45) is 0 Å². The molecule has 0 aliphatic heterocycles. The van der Waals surface area contributed by atoms with E-state index < -0.39 is 5.97 Å². The average Bonchev–Trinajstić information content (AvgIpc) is 2.24. The van der Waals surface area contributed by atoms with Crippen molar-refractivity contribution in [3.63, 3.8) is 0 Å². The first-order valence-electron chi connectivity index (χ1n) is 5.47. The molecule has 0 atom stereocenters. The highest BCUT2D eigenvalue weighted by atomic mass is 16.5. The first-order valence-corrected chi connectivity index (χ1v) is 5.47. The van der Waals surface area contributed by atoms with Crippen molar-refractivity contribution in [3.05, 3.63) is 34.9 Å². The van der Waals surface area contributed by atoms with E-state index in [1.807, 2.05) is 32.0 Å². The van der Waals surface area contributed by atoms with Crippen LogP contribution >= 0.6 is 0 Å². The van der Waals surface area contributed by atoms with E-state index in [0.29, 0.717) is 12.0 Å². The number of carbonyl (C=O) groups excluding carboxylic acids is 1. The summed E-state index contributed by atoms with van der Waals surface area (Å²) in [6, 6.07) is 5.58. The third-order valence-corrected chi connectivity index (χ3v) is 2.45. The van der Waals surface area contributed by atoms with Crippen LogP contribution in [0.5, 0.6) is 0 Å². The number of esters is 1. The number of rotatable bonds is 5. The molecule has 0 aliphatic rings. The van der Waals surface area contributed by atoms with Crippen LogP contribution in [0.3, 0.4) is 0 Å². The summed E-state index contributed by atoms with van der Waals surface area (Å²) in [5, 5.41) is 8.44. The lowest BCUT2D eigenvalue weighted by atomic mass is 10.0. The van der Waals surface area contributed by atoms with Gasteiger partial charge in [-0.25, -0.2) is 4.79 Å². The van der Waals surface area contributed by atoms with Crippen LogP contribution in [-0.2, 0) is 9.53 Å². The highest BCUT2D eigenvalue weighted by Crippen LogP contribution is 2.14. The number of ether oxygens (including phenoxy) is 1. The minimum atomic E-state index is -0.881. The van der Waals surface area contributed by atoms with Gasteiger partial charge in [-0.3, -0.25) is 4.79 Å². The SMILES string of the molecule is Cc1cccc(C)c1C(=O)OCCCC(=O)O. The van der Waals surface area contributed by atoms with Gasteiger partial charge in [0.05, 0.1) is 12.2 Å². The molecular formula is C13H16O4. The summed E-state index contributed by atoms with van der Waals surface area (Å²) in [5.41, 5.74) is 2.31. The molecule has 0 amide bonds. The smallest absolute Gasteiger partial charge is 0.338 e. The standard InChI is InChI=1S/C13H16O4/c1-9-5-3-6-10(2)12(9)13(16)17-8-4-7-11(14)15/h3,5-6H,4,7-8H2,1-2H3,(H,14,15). The molecule has 0 radical (unpaired) electrons. The Balaban J connectivity index is 2.55. The van der Waals surface area contributed by atoms with Crippen molar-refractivity contribution in [3.8, 4) is 0 Å². The molecule has 0 spiro atoms. The van der Waals surface area contributed by atoms with Gasteiger partial charge >= 0.3 is 11.9 Å². The molecule has 0 saturated heterocycles. The number of hydrogen-bond donors (Lipinski definition) is 1. The molecule has 4 nitrogen and oxygen atoms in total. The molecule has 1 rings (SSSR count). The van der Waals surface area contributed by atoms with Crippen molar-refractivity contribution < 1.29 is 19.4 Å². The van der Waals surface area contributed by atoms with Gasteiger partial charge in [0.15, 0.2) is 0 Å². The molecule has 0 fully saturated rings. The van der Waals surface area contributed by atoms with Crippen LogP contribution in [0.1, 0.15) is 34.3 Å². The zero-order valence-electron chi connectivity index (χ0n) is 10.0. The topological polar surface area (TPSA) is 63.6 Å². The Kier molecular flexibility index (Phi) is 4.69. The zero-order chi connectivity index (χ0) is 12.8. The maximum absolute atomic E-state index is 11.8. The van der Waals surface area contributed by atoms with E-state index in [-0.39, 0.29) is 19.0 Å². The molecule has 0 aliphatic carbocycles. The molecule has 4 heteroatoms. The van der Waals surface area contributed by atoms with E-state index in [1.54, 1.807) is 0 Å². The maximum atomic E-state index is 11.8. The van der Waals surface area contributed by atoms with Crippen LogP contribution in [0.2, 0.25) is 0 Å². The minimum Gasteiger partial charge on any atom is -0.481 e. The van der Waals surface area contributed by atoms with Gasteiger partial charge in [-0.2, -0.15) is 0 Å². The second kappa shape index (κ2) is 6.03. The van der Waals surface area contributed by atoms with Gasteiger partial charge < -0.3 is 9.84 Å². The highest BCUT2D eigenvalue weighted by Gasteiger charge is 2.12. The first-order chi connectivity index (χ1) is 8.02. The van der Waals surface area contributed by atoms with Crippen molar-refractivity contribution in [1.82, 2.24) is 0 Å². The Morgan fingerprint density at radius 1 is 1.24 bits per heavy atom. The van der Waals surface area contributed by atoms with Crippen LogP contribution in [0.15, 0.2) is 18.2 Å². The predicted molar refractivity (Wildman–Crippen MR) is 63.1 cm³/mol.